The normalized spacial score (nSPS) is 10.6. The van der Waals surface area contributed by atoms with Crippen LogP contribution in [0.3, 0.4) is 0 Å². The van der Waals surface area contributed by atoms with Gasteiger partial charge in [0.2, 0.25) is 5.88 Å². The van der Waals surface area contributed by atoms with E-state index in [0.717, 1.165) is 16.3 Å². The number of phenols is 1. The highest BCUT2D eigenvalue weighted by atomic mass is 16.5. The van der Waals surface area contributed by atoms with Crippen molar-refractivity contribution in [2.75, 3.05) is 0 Å². The molecule has 1 N–H and O–H groups in total. The quantitative estimate of drug-likeness (QED) is 0.759. The van der Waals surface area contributed by atoms with Crippen LogP contribution in [0.15, 0.2) is 48.7 Å². The summed E-state index contributed by atoms with van der Waals surface area (Å²) in [5.74, 6) is 0.825. The summed E-state index contributed by atoms with van der Waals surface area (Å²) in [4.78, 5) is 0. The number of nitrogens with zero attached hydrogens (tertiary/aromatic N) is 2. The molecule has 0 saturated carbocycles. The van der Waals surface area contributed by atoms with Gasteiger partial charge in [0, 0.05) is 6.07 Å². The maximum Gasteiger partial charge on any atom is 0.239 e. The summed E-state index contributed by atoms with van der Waals surface area (Å²) in [6.07, 6.45) is 1.65. The first kappa shape index (κ1) is 11.5. The Bertz CT molecular complexity index is 741. The van der Waals surface area contributed by atoms with Crippen LogP contribution in [0.5, 0.6) is 17.4 Å². The lowest BCUT2D eigenvalue weighted by Gasteiger charge is -2.08. The lowest BCUT2D eigenvalue weighted by Crippen LogP contribution is -1.91. The van der Waals surface area contributed by atoms with Crippen molar-refractivity contribution in [1.82, 2.24) is 10.2 Å². The molecule has 0 fully saturated rings. The fourth-order valence-electron chi connectivity index (χ4n) is 1.89. The standard InChI is InChI=1S/C15H12N2O2/c1-10-6-15(17-16-9-10)19-14-8-12-5-3-2-4-11(12)7-13(14)18/h2-9,18H,1H3. The molecule has 4 heteroatoms. The Morgan fingerprint density at radius 2 is 1.79 bits per heavy atom. The summed E-state index contributed by atoms with van der Waals surface area (Å²) < 4.78 is 5.57. The van der Waals surface area contributed by atoms with Crippen molar-refractivity contribution >= 4 is 10.8 Å². The molecule has 94 valence electrons. The van der Waals surface area contributed by atoms with Gasteiger partial charge in [-0.05, 0) is 35.4 Å². The molecule has 0 unspecified atom stereocenters. The number of rotatable bonds is 2. The number of benzene rings is 2. The third-order valence-corrected chi connectivity index (χ3v) is 2.81. The summed E-state index contributed by atoms with van der Waals surface area (Å²) in [6, 6.07) is 13.0. The van der Waals surface area contributed by atoms with E-state index in [4.69, 9.17) is 4.74 Å². The molecule has 3 aromatic rings. The van der Waals surface area contributed by atoms with Crippen LogP contribution < -0.4 is 4.74 Å². The minimum atomic E-state index is 0.0852. The molecule has 0 radical (unpaired) electrons. The zero-order valence-corrected chi connectivity index (χ0v) is 10.4. The highest BCUT2D eigenvalue weighted by Gasteiger charge is 2.07. The molecule has 0 saturated heterocycles. The number of aryl methyl sites for hydroxylation is 1. The predicted molar refractivity (Wildman–Crippen MR) is 72.5 cm³/mol. The summed E-state index contributed by atoms with van der Waals surface area (Å²) in [6.45, 7) is 1.90. The average molecular weight is 252 g/mol. The van der Waals surface area contributed by atoms with Crippen molar-refractivity contribution < 1.29 is 9.84 Å². The van der Waals surface area contributed by atoms with Crippen LogP contribution in [-0.4, -0.2) is 15.3 Å². The van der Waals surface area contributed by atoms with Crippen molar-refractivity contribution in [2.45, 2.75) is 6.92 Å². The topological polar surface area (TPSA) is 55.2 Å². The van der Waals surface area contributed by atoms with Gasteiger partial charge in [-0.25, -0.2) is 0 Å². The van der Waals surface area contributed by atoms with Gasteiger partial charge in [0.15, 0.2) is 11.5 Å². The number of fused-ring (bicyclic) bond motifs is 1. The number of phenolic OH excluding ortho intramolecular Hbond substituents is 1. The Hall–Kier alpha value is -2.62. The molecular formula is C15H12N2O2. The van der Waals surface area contributed by atoms with Crippen molar-refractivity contribution in [3.8, 4) is 17.4 Å². The zero-order chi connectivity index (χ0) is 13.2. The van der Waals surface area contributed by atoms with Gasteiger partial charge in [-0.1, -0.05) is 24.3 Å². The van der Waals surface area contributed by atoms with E-state index in [2.05, 4.69) is 10.2 Å². The lowest BCUT2D eigenvalue weighted by atomic mass is 10.1. The van der Waals surface area contributed by atoms with Gasteiger partial charge < -0.3 is 9.84 Å². The summed E-state index contributed by atoms with van der Waals surface area (Å²) in [5, 5.41) is 19.6. The fraction of sp³-hybridized carbons (Fsp3) is 0.0667. The molecular weight excluding hydrogens is 240 g/mol. The Morgan fingerprint density at radius 3 is 2.53 bits per heavy atom. The maximum atomic E-state index is 9.97. The molecule has 0 bridgehead atoms. The van der Waals surface area contributed by atoms with E-state index in [-0.39, 0.29) is 5.75 Å². The van der Waals surface area contributed by atoms with Gasteiger partial charge in [-0.2, -0.15) is 5.10 Å². The third-order valence-electron chi connectivity index (χ3n) is 2.81. The van der Waals surface area contributed by atoms with Crippen LogP contribution in [0.25, 0.3) is 10.8 Å². The van der Waals surface area contributed by atoms with Crippen LogP contribution in [0.1, 0.15) is 5.56 Å². The summed E-state index contributed by atoms with van der Waals surface area (Å²) >= 11 is 0. The molecule has 0 amide bonds. The van der Waals surface area contributed by atoms with Crippen molar-refractivity contribution in [3.63, 3.8) is 0 Å². The van der Waals surface area contributed by atoms with E-state index in [9.17, 15) is 5.11 Å². The molecule has 19 heavy (non-hydrogen) atoms. The number of hydrogen-bond donors (Lipinski definition) is 1. The van der Waals surface area contributed by atoms with Gasteiger partial charge in [-0.15, -0.1) is 5.10 Å². The monoisotopic (exact) mass is 252 g/mol. The number of aromatic nitrogens is 2. The van der Waals surface area contributed by atoms with E-state index >= 15 is 0 Å². The van der Waals surface area contributed by atoms with E-state index in [1.54, 1.807) is 24.4 Å². The fourth-order valence-corrected chi connectivity index (χ4v) is 1.89. The molecule has 1 aromatic heterocycles. The van der Waals surface area contributed by atoms with Crippen LogP contribution in [0.4, 0.5) is 0 Å². The van der Waals surface area contributed by atoms with Crippen molar-refractivity contribution in [2.24, 2.45) is 0 Å². The molecule has 3 rings (SSSR count). The summed E-state index contributed by atoms with van der Waals surface area (Å²) in [7, 11) is 0. The highest BCUT2D eigenvalue weighted by molar-refractivity contribution is 5.85. The van der Waals surface area contributed by atoms with Gasteiger partial charge in [0.25, 0.3) is 0 Å². The number of hydrogen-bond acceptors (Lipinski definition) is 4. The largest absolute Gasteiger partial charge is 0.504 e. The molecule has 0 aliphatic carbocycles. The van der Waals surface area contributed by atoms with Crippen LogP contribution >= 0.6 is 0 Å². The van der Waals surface area contributed by atoms with Gasteiger partial charge in [0.1, 0.15) is 0 Å². The van der Waals surface area contributed by atoms with Gasteiger partial charge >= 0.3 is 0 Å². The molecule has 0 atom stereocenters. The van der Waals surface area contributed by atoms with Crippen molar-refractivity contribution in [1.29, 1.82) is 0 Å². The molecule has 0 spiro atoms. The number of aromatic hydroxyl groups is 1. The van der Waals surface area contributed by atoms with Crippen LogP contribution in [0.2, 0.25) is 0 Å². The molecule has 0 aliphatic heterocycles. The Labute approximate surface area is 110 Å². The molecule has 2 aromatic carbocycles. The third kappa shape index (κ3) is 2.33. The zero-order valence-electron chi connectivity index (χ0n) is 10.4. The summed E-state index contributed by atoms with van der Waals surface area (Å²) in [5.41, 5.74) is 0.949. The van der Waals surface area contributed by atoms with E-state index in [1.807, 2.05) is 31.2 Å². The average Bonchev–Trinajstić information content (AvgIpc) is 2.40. The SMILES string of the molecule is Cc1cnnc(Oc2cc3ccccc3cc2O)c1. The first-order valence-corrected chi connectivity index (χ1v) is 5.91. The second-order valence-electron chi connectivity index (χ2n) is 4.34. The smallest absolute Gasteiger partial charge is 0.239 e. The Balaban J connectivity index is 2.03. The Kier molecular flexibility index (Phi) is 2.76. The molecule has 0 aliphatic rings. The molecule has 4 nitrogen and oxygen atoms in total. The second-order valence-corrected chi connectivity index (χ2v) is 4.34. The first-order chi connectivity index (χ1) is 9.22. The van der Waals surface area contributed by atoms with Gasteiger partial charge in [-0.3, -0.25) is 0 Å². The first-order valence-electron chi connectivity index (χ1n) is 5.91. The predicted octanol–water partition coefficient (Wildman–Crippen LogP) is 3.44. The van der Waals surface area contributed by atoms with Crippen molar-refractivity contribution in [3.05, 3.63) is 54.2 Å². The lowest BCUT2D eigenvalue weighted by molar-refractivity contribution is 0.400. The van der Waals surface area contributed by atoms with E-state index < -0.39 is 0 Å². The van der Waals surface area contributed by atoms with E-state index in [1.165, 1.54) is 0 Å². The minimum absolute atomic E-state index is 0.0852. The molecule has 1 heterocycles. The highest BCUT2D eigenvalue weighted by Crippen LogP contribution is 2.33. The van der Waals surface area contributed by atoms with Crippen LogP contribution in [-0.2, 0) is 0 Å². The van der Waals surface area contributed by atoms with Crippen LogP contribution in [0, 0.1) is 6.92 Å². The van der Waals surface area contributed by atoms with E-state index in [0.29, 0.717) is 11.6 Å². The minimum Gasteiger partial charge on any atom is -0.504 e. The number of ether oxygens (including phenoxy) is 1. The maximum absolute atomic E-state index is 9.97. The second kappa shape index (κ2) is 4.57. The Morgan fingerprint density at radius 1 is 1.05 bits per heavy atom. The van der Waals surface area contributed by atoms with Gasteiger partial charge in [0.05, 0.1) is 6.20 Å².